The van der Waals surface area contributed by atoms with E-state index >= 15 is 0 Å². The van der Waals surface area contributed by atoms with E-state index in [4.69, 9.17) is 10.5 Å². The van der Waals surface area contributed by atoms with Crippen LogP contribution in [0.25, 0.3) is 0 Å². The normalized spacial score (nSPS) is 10.1. The van der Waals surface area contributed by atoms with Crippen molar-refractivity contribution in [2.75, 3.05) is 5.73 Å². The highest BCUT2D eigenvalue weighted by molar-refractivity contribution is 5.53. The van der Waals surface area contributed by atoms with E-state index in [-0.39, 0.29) is 11.5 Å². The molecule has 2 rings (SSSR count). The Kier molecular flexibility index (Phi) is 2.72. The third kappa shape index (κ3) is 2.28. The minimum absolute atomic E-state index is 0.273. The van der Waals surface area contributed by atoms with Gasteiger partial charge in [0.1, 0.15) is 11.6 Å². The van der Waals surface area contributed by atoms with Crippen LogP contribution in [0.1, 0.15) is 5.69 Å². The molecule has 1 aromatic carbocycles. The first-order valence-electron chi connectivity index (χ1n) is 4.81. The van der Waals surface area contributed by atoms with Crippen molar-refractivity contribution in [2.24, 2.45) is 0 Å². The zero-order valence-corrected chi connectivity index (χ0v) is 8.77. The van der Waals surface area contributed by atoms with Crippen molar-refractivity contribution in [3.63, 3.8) is 0 Å². The number of nitrogen functional groups attached to an aromatic ring is 1. The second-order valence-corrected chi connectivity index (χ2v) is 3.42. The maximum atomic E-state index is 12.8. The fourth-order valence-electron chi connectivity index (χ4n) is 1.32. The number of nitrogens with zero attached hydrogens (tertiary/aromatic N) is 1. The molecule has 0 saturated carbocycles. The molecule has 0 spiro atoms. The van der Waals surface area contributed by atoms with Gasteiger partial charge in [0.25, 0.3) is 0 Å². The summed E-state index contributed by atoms with van der Waals surface area (Å²) >= 11 is 0. The van der Waals surface area contributed by atoms with Crippen LogP contribution in [-0.4, -0.2) is 4.98 Å². The number of pyridine rings is 1. The molecule has 1 aromatic heterocycles. The van der Waals surface area contributed by atoms with Crippen molar-refractivity contribution in [1.82, 2.24) is 4.98 Å². The Labute approximate surface area is 92.7 Å². The standard InChI is InChI=1S/C12H11FN2O/c1-8-6-10(4-5-15-8)16-12-3-2-9(13)7-11(12)14/h2-7H,14H2,1H3. The van der Waals surface area contributed by atoms with Crippen LogP contribution < -0.4 is 10.5 Å². The molecule has 0 amide bonds. The lowest BCUT2D eigenvalue weighted by molar-refractivity contribution is 0.482. The predicted octanol–water partition coefficient (Wildman–Crippen LogP) is 2.90. The number of nitrogens with two attached hydrogens (primary N) is 1. The molecule has 16 heavy (non-hydrogen) atoms. The maximum Gasteiger partial charge on any atom is 0.150 e. The van der Waals surface area contributed by atoms with Gasteiger partial charge in [-0.3, -0.25) is 4.98 Å². The summed E-state index contributed by atoms with van der Waals surface area (Å²) in [6.45, 7) is 1.86. The zero-order valence-electron chi connectivity index (χ0n) is 8.77. The molecule has 0 unspecified atom stereocenters. The quantitative estimate of drug-likeness (QED) is 0.788. The highest BCUT2D eigenvalue weighted by Crippen LogP contribution is 2.27. The summed E-state index contributed by atoms with van der Waals surface area (Å²) in [4.78, 5) is 4.05. The van der Waals surface area contributed by atoms with E-state index in [9.17, 15) is 4.39 Å². The Morgan fingerprint density at radius 2 is 2.06 bits per heavy atom. The van der Waals surface area contributed by atoms with Crippen LogP contribution in [0.2, 0.25) is 0 Å². The summed E-state index contributed by atoms with van der Waals surface area (Å²) in [5.74, 6) is 0.688. The van der Waals surface area contributed by atoms with E-state index in [1.807, 2.05) is 6.92 Å². The molecule has 3 nitrogen and oxygen atoms in total. The highest BCUT2D eigenvalue weighted by Gasteiger charge is 2.03. The van der Waals surface area contributed by atoms with E-state index in [2.05, 4.69) is 4.98 Å². The molecule has 0 fully saturated rings. The van der Waals surface area contributed by atoms with Crippen molar-refractivity contribution in [2.45, 2.75) is 6.92 Å². The molecule has 0 aliphatic heterocycles. The number of hydrogen-bond acceptors (Lipinski definition) is 3. The lowest BCUT2D eigenvalue weighted by Crippen LogP contribution is -1.93. The molecule has 0 atom stereocenters. The van der Waals surface area contributed by atoms with E-state index in [1.165, 1.54) is 18.2 Å². The summed E-state index contributed by atoms with van der Waals surface area (Å²) < 4.78 is 18.3. The summed E-state index contributed by atoms with van der Waals surface area (Å²) in [6.07, 6.45) is 1.64. The van der Waals surface area contributed by atoms with Crippen molar-refractivity contribution >= 4 is 5.69 Å². The lowest BCUT2D eigenvalue weighted by Gasteiger charge is -2.08. The predicted molar refractivity (Wildman–Crippen MR) is 59.9 cm³/mol. The number of hydrogen-bond donors (Lipinski definition) is 1. The van der Waals surface area contributed by atoms with Gasteiger partial charge < -0.3 is 10.5 Å². The second kappa shape index (κ2) is 4.18. The molecule has 0 aliphatic rings. The molecule has 0 radical (unpaired) electrons. The third-order valence-corrected chi connectivity index (χ3v) is 2.07. The first-order chi connectivity index (χ1) is 7.65. The van der Waals surface area contributed by atoms with Crippen LogP contribution in [0, 0.1) is 12.7 Å². The Hall–Kier alpha value is -2.10. The van der Waals surface area contributed by atoms with Crippen molar-refractivity contribution in [3.05, 3.63) is 48.0 Å². The van der Waals surface area contributed by atoms with Crippen molar-refractivity contribution in [3.8, 4) is 11.5 Å². The van der Waals surface area contributed by atoms with E-state index in [0.29, 0.717) is 11.5 Å². The van der Waals surface area contributed by atoms with Crippen molar-refractivity contribution < 1.29 is 9.13 Å². The molecule has 2 aromatic rings. The molecule has 1 heterocycles. The number of ether oxygens (including phenoxy) is 1. The van der Waals surface area contributed by atoms with Gasteiger partial charge in [0.2, 0.25) is 0 Å². The lowest BCUT2D eigenvalue weighted by atomic mass is 10.3. The van der Waals surface area contributed by atoms with E-state index in [1.54, 1.807) is 18.3 Å². The average molecular weight is 218 g/mol. The number of rotatable bonds is 2. The number of halogens is 1. The smallest absolute Gasteiger partial charge is 0.150 e. The second-order valence-electron chi connectivity index (χ2n) is 3.42. The van der Waals surface area contributed by atoms with Gasteiger partial charge in [-0.1, -0.05) is 0 Å². The van der Waals surface area contributed by atoms with Gasteiger partial charge >= 0.3 is 0 Å². The fraction of sp³-hybridized carbons (Fsp3) is 0.0833. The van der Waals surface area contributed by atoms with Gasteiger partial charge in [-0.05, 0) is 25.1 Å². The SMILES string of the molecule is Cc1cc(Oc2ccc(F)cc2N)ccn1. The van der Waals surface area contributed by atoms with Gasteiger partial charge in [-0.2, -0.15) is 0 Å². The average Bonchev–Trinajstić information content (AvgIpc) is 2.22. The molecular weight excluding hydrogens is 207 g/mol. The zero-order chi connectivity index (χ0) is 11.5. The minimum atomic E-state index is -0.379. The van der Waals surface area contributed by atoms with Gasteiger partial charge in [0, 0.05) is 24.0 Å². The number of aryl methyl sites for hydroxylation is 1. The monoisotopic (exact) mass is 218 g/mol. The van der Waals surface area contributed by atoms with E-state index in [0.717, 1.165) is 5.69 Å². The van der Waals surface area contributed by atoms with Gasteiger partial charge in [0.15, 0.2) is 5.75 Å². The highest BCUT2D eigenvalue weighted by atomic mass is 19.1. The van der Waals surface area contributed by atoms with E-state index < -0.39 is 0 Å². The van der Waals surface area contributed by atoms with Crippen LogP contribution in [-0.2, 0) is 0 Å². The molecule has 0 bridgehead atoms. The summed E-state index contributed by atoms with van der Waals surface area (Å²) in [6, 6.07) is 7.53. The molecule has 0 saturated heterocycles. The summed E-state index contributed by atoms with van der Waals surface area (Å²) in [7, 11) is 0. The molecule has 82 valence electrons. The van der Waals surface area contributed by atoms with Crippen LogP contribution in [0.4, 0.5) is 10.1 Å². The number of benzene rings is 1. The summed E-state index contributed by atoms with van der Waals surface area (Å²) in [5, 5.41) is 0. The Bertz CT molecular complexity index is 514. The Balaban J connectivity index is 2.27. The van der Waals surface area contributed by atoms with Crippen LogP contribution >= 0.6 is 0 Å². The number of aromatic nitrogens is 1. The Morgan fingerprint density at radius 1 is 1.25 bits per heavy atom. The topological polar surface area (TPSA) is 48.1 Å². The Morgan fingerprint density at radius 3 is 2.75 bits per heavy atom. The summed E-state index contributed by atoms with van der Waals surface area (Å²) in [5.41, 5.74) is 6.74. The maximum absolute atomic E-state index is 12.8. The van der Waals surface area contributed by atoms with Crippen molar-refractivity contribution in [1.29, 1.82) is 0 Å². The van der Waals surface area contributed by atoms with Crippen LogP contribution in [0.15, 0.2) is 36.5 Å². The molecule has 0 aliphatic carbocycles. The van der Waals surface area contributed by atoms with Gasteiger partial charge in [0.05, 0.1) is 5.69 Å². The first kappa shape index (κ1) is 10.4. The molecule has 2 N–H and O–H groups in total. The van der Waals surface area contributed by atoms with Crippen LogP contribution in [0.5, 0.6) is 11.5 Å². The fourth-order valence-corrected chi connectivity index (χ4v) is 1.32. The van der Waals surface area contributed by atoms with Gasteiger partial charge in [-0.15, -0.1) is 0 Å². The first-order valence-corrected chi connectivity index (χ1v) is 4.81. The van der Waals surface area contributed by atoms with Gasteiger partial charge in [-0.25, -0.2) is 4.39 Å². The van der Waals surface area contributed by atoms with Crippen LogP contribution in [0.3, 0.4) is 0 Å². The molecular formula is C12H11FN2O. The third-order valence-electron chi connectivity index (χ3n) is 2.07. The number of anilines is 1. The minimum Gasteiger partial charge on any atom is -0.455 e. The molecule has 4 heteroatoms. The largest absolute Gasteiger partial charge is 0.455 e.